The predicted octanol–water partition coefficient (Wildman–Crippen LogP) is 2.40. The van der Waals surface area contributed by atoms with E-state index in [-0.39, 0.29) is 9.13 Å². The van der Waals surface area contributed by atoms with Crippen LogP contribution in [0.5, 0.6) is 0 Å². The van der Waals surface area contributed by atoms with Crippen LogP contribution in [-0.4, -0.2) is 9.91 Å². The van der Waals surface area contributed by atoms with E-state index in [1.807, 2.05) is 0 Å². The standard InChI is InChI=1S/C7H2F2IN3O2/c8-7(9)5-4(10)6(13(14)15)3(1-11)2-12-5/h2,7H. The van der Waals surface area contributed by atoms with E-state index in [0.717, 1.165) is 6.20 Å². The average Bonchev–Trinajstić information content (AvgIpc) is 2.15. The lowest BCUT2D eigenvalue weighted by Crippen LogP contribution is -2.02. The van der Waals surface area contributed by atoms with Crippen molar-refractivity contribution in [1.29, 1.82) is 5.26 Å². The first kappa shape index (κ1) is 11.7. The molecule has 1 heterocycles. The van der Waals surface area contributed by atoms with Crippen LogP contribution in [0.15, 0.2) is 6.20 Å². The van der Waals surface area contributed by atoms with Crippen molar-refractivity contribution in [3.63, 3.8) is 0 Å². The Morgan fingerprint density at radius 1 is 1.67 bits per heavy atom. The monoisotopic (exact) mass is 325 g/mol. The van der Waals surface area contributed by atoms with Crippen LogP contribution in [0.4, 0.5) is 14.5 Å². The fourth-order valence-corrected chi connectivity index (χ4v) is 1.77. The molecule has 0 N–H and O–H groups in total. The van der Waals surface area contributed by atoms with Crippen molar-refractivity contribution >= 4 is 28.3 Å². The largest absolute Gasteiger partial charge is 0.303 e. The third-order valence-electron chi connectivity index (χ3n) is 1.53. The summed E-state index contributed by atoms with van der Waals surface area (Å²) in [5.74, 6) is 0. The fourth-order valence-electron chi connectivity index (χ4n) is 0.904. The molecule has 0 aromatic carbocycles. The van der Waals surface area contributed by atoms with Crippen LogP contribution >= 0.6 is 22.6 Å². The molecule has 0 atom stereocenters. The van der Waals surface area contributed by atoms with Gasteiger partial charge >= 0.3 is 5.69 Å². The Morgan fingerprint density at radius 2 is 2.27 bits per heavy atom. The van der Waals surface area contributed by atoms with Crippen LogP contribution in [0.2, 0.25) is 0 Å². The van der Waals surface area contributed by atoms with Crippen molar-refractivity contribution in [2.75, 3.05) is 0 Å². The Hall–Kier alpha value is -1.37. The second kappa shape index (κ2) is 4.43. The Kier molecular flexibility index (Phi) is 3.46. The van der Waals surface area contributed by atoms with Gasteiger partial charge in [-0.25, -0.2) is 8.78 Å². The van der Waals surface area contributed by atoms with E-state index in [9.17, 15) is 18.9 Å². The maximum Gasteiger partial charge on any atom is 0.303 e. The second-order valence-corrected chi connectivity index (χ2v) is 3.47. The van der Waals surface area contributed by atoms with E-state index in [4.69, 9.17) is 5.26 Å². The van der Waals surface area contributed by atoms with E-state index in [2.05, 4.69) is 4.98 Å². The molecular formula is C7H2F2IN3O2. The van der Waals surface area contributed by atoms with Gasteiger partial charge in [0.1, 0.15) is 20.9 Å². The fraction of sp³-hybridized carbons (Fsp3) is 0.143. The van der Waals surface area contributed by atoms with Crippen LogP contribution in [-0.2, 0) is 0 Å². The van der Waals surface area contributed by atoms with Crippen LogP contribution < -0.4 is 0 Å². The molecule has 0 fully saturated rings. The highest BCUT2D eigenvalue weighted by molar-refractivity contribution is 14.1. The molecule has 15 heavy (non-hydrogen) atoms. The lowest BCUT2D eigenvalue weighted by atomic mass is 10.2. The third kappa shape index (κ3) is 2.17. The number of halogens is 3. The van der Waals surface area contributed by atoms with Gasteiger partial charge in [0.25, 0.3) is 6.43 Å². The van der Waals surface area contributed by atoms with Crippen molar-refractivity contribution in [3.8, 4) is 6.07 Å². The van der Waals surface area contributed by atoms with E-state index in [1.54, 1.807) is 0 Å². The molecule has 8 heteroatoms. The third-order valence-corrected chi connectivity index (χ3v) is 2.59. The number of rotatable bonds is 2. The molecule has 0 aliphatic heterocycles. The predicted molar refractivity (Wildman–Crippen MR) is 53.3 cm³/mol. The van der Waals surface area contributed by atoms with Gasteiger partial charge in [-0.2, -0.15) is 5.26 Å². The van der Waals surface area contributed by atoms with Crippen molar-refractivity contribution in [2.24, 2.45) is 0 Å². The minimum absolute atomic E-state index is 0.299. The average molecular weight is 325 g/mol. The molecule has 1 aromatic heterocycles. The maximum absolute atomic E-state index is 12.3. The first-order chi connectivity index (χ1) is 6.99. The quantitative estimate of drug-likeness (QED) is 0.475. The molecule has 0 saturated carbocycles. The number of pyridine rings is 1. The Morgan fingerprint density at radius 3 is 2.67 bits per heavy atom. The molecule has 0 saturated heterocycles. The topological polar surface area (TPSA) is 79.8 Å². The van der Waals surface area contributed by atoms with Gasteiger partial charge in [0, 0.05) is 0 Å². The van der Waals surface area contributed by atoms with Gasteiger partial charge in [-0.05, 0) is 22.6 Å². The molecule has 1 rings (SSSR count). The van der Waals surface area contributed by atoms with E-state index >= 15 is 0 Å². The number of nitriles is 1. The summed E-state index contributed by atoms with van der Waals surface area (Å²) in [7, 11) is 0. The summed E-state index contributed by atoms with van der Waals surface area (Å²) in [6, 6.07) is 1.53. The normalized spacial score (nSPS) is 10.1. The number of alkyl halides is 2. The molecule has 0 spiro atoms. The van der Waals surface area contributed by atoms with Crippen molar-refractivity contribution in [1.82, 2.24) is 4.98 Å². The summed E-state index contributed by atoms with van der Waals surface area (Å²) in [4.78, 5) is 13.0. The smallest absolute Gasteiger partial charge is 0.258 e. The Balaban J connectivity index is 3.51. The SMILES string of the molecule is N#Cc1cnc(C(F)F)c(I)c1[N+](=O)[O-]. The highest BCUT2D eigenvalue weighted by Crippen LogP contribution is 2.31. The zero-order valence-electron chi connectivity index (χ0n) is 6.95. The van der Waals surface area contributed by atoms with Gasteiger partial charge in [-0.15, -0.1) is 0 Å². The van der Waals surface area contributed by atoms with Gasteiger partial charge < -0.3 is 0 Å². The summed E-state index contributed by atoms with van der Waals surface area (Å²) in [6.07, 6.45) is -2.12. The van der Waals surface area contributed by atoms with E-state index in [1.165, 1.54) is 28.7 Å². The molecule has 78 valence electrons. The van der Waals surface area contributed by atoms with Gasteiger partial charge in [0.15, 0.2) is 0 Å². The summed E-state index contributed by atoms with van der Waals surface area (Å²) >= 11 is 1.39. The Labute approximate surface area is 96.0 Å². The maximum atomic E-state index is 12.3. The van der Waals surface area contributed by atoms with Crippen LogP contribution in [0.25, 0.3) is 0 Å². The summed E-state index contributed by atoms with van der Waals surface area (Å²) in [5.41, 5.74) is -1.63. The number of hydrogen-bond acceptors (Lipinski definition) is 4. The minimum atomic E-state index is -2.90. The minimum Gasteiger partial charge on any atom is -0.258 e. The number of nitrogens with zero attached hydrogens (tertiary/aromatic N) is 3. The molecule has 5 nitrogen and oxygen atoms in total. The molecule has 0 bridgehead atoms. The molecule has 0 unspecified atom stereocenters. The second-order valence-electron chi connectivity index (χ2n) is 2.39. The number of nitro groups is 1. The lowest BCUT2D eigenvalue weighted by Gasteiger charge is -2.03. The summed E-state index contributed by atoms with van der Waals surface area (Å²) in [6.45, 7) is 0. The van der Waals surface area contributed by atoms with Gasteiger partial charge in [0.2, 0.25) is 0 Å². The first-order valence-corrected chi connectivity index (χ1v) is 4.58. The molecule has 1 aromatic rings. The van der Waals surface area contributed by atoms with Gasteiger partial charge in [-0.1, -0.05) is 0 Å². The van der Waals surface area contributed by atoms with E-state index in [0.29, 0.717) is 0 Å². The molecule has 0 aliphatic carbocycles. The van der Waals surface area contributed by atoms with Crippen molar-refractivity contribution < 1.29 is 13.7 Å². The van der Waals surface area contributed by atoms with Crippen molar-refractivity contribution in [2.45, 2.75) is 6.43 Å². The lowest BCUT2D eigenvalue weighted by molar-refractivity contribution is -0.386. The number of aromatic nitrogens is 1. The van der Waals surface area contributed by atoms with E-state index < -0.39 is 22.7 Å². The Bertz CT molecular complexity index is 458. The van der Waals surface area contributed by atoms with Gasteiger partial charge in [0.05, 0.1) is 11.1 Å². The zero-order chi connectivity index (χ0) is 11.6. The highest BCUT2D eigenvalue weighted by atomic mass is 127. The van der Waals surface area contributed by atoms with Crippen LogP contribution in [0.1, 0.15) is 17.7 Å². The molecule has 0 radical (unpaired) electrons. The highest BCUT2D eigenvalue weighted by Gasteiger charge is 2.26. The molecule has 0 aliphatic rings. The first-order valence-electron chi connectivity index (χ1n) is 3.50. The molecule has 0 amide bonds. The summed E-state index contributed by atoms with van der Waals surface area (Å²) in [5, 5.41) is 19.1. The van der Waals surface area contributed by atoms with Crippen LogP contribution in [0, 0.1) is 25.0 Å². The van der Waals surface area contributed by atoms with Crippen molar-refractivity contribution in [3.05, 3.63) is 31.1 Å². The van der Waals surface area contributed by atoms with Crippen LogP contribution in [0.3, 0.4) is 0 Å². The molecular weight excluding hydrogens is 323 g/mol. The summed E-state index contributed by atoms with van der Waals surface area (Å²) < 4.78 is 24.4. The van der Waals surface area contributed by atoms with Gasteiger partial charge in [-0.3, -0.25) is 15.1 Å². The number of hydrogen-bond donors (Lipinski definition) is 0. The zero-order valence-corrected chi connectivity index (χ0v) is 9.10.